The number of rotatable bonds is 5. The summed E-state index contributed by atoms with van der Waals surface area (Å²) in [5.74, 6) is -9.93. The lowest BCUT2D eigenvalue weighted by Gasteiger charge is -2.35. The van der Waals surface area contributed by atoms with E-state index in [1.54, 1.807) is 0 Å². The molecule has 0 radical (unpaired) electrons. The second kappa shape index (κ2) is 8.56. The summed E-state index contributed by atoms with van der Waals surface area (Å²) >= 11 is 0. The van der Waals surface area contributed by atoms with Gasteiger partial charge in [0, 0.05) is 30.9 Å². The molecule has 31 heavy (non-hydrogen) atoms. The van der Waals surface area contributed by atoms with Gasteiger partial charge in [-0.2, -0.15) is 41.6 Å². The Morgan fingerprint density at radius 3 is 2.19 bits per heavy atom. The molecular weight excluding hydrogens is 462 g/mol. The molecule has 0 bridgehead atoms. The zero-order valence-corrected chi connectivity index (χ0v) is 16.9. The van der Waals surface area contributed by atoms with Gasteiger partial charge in [-0.05, 0) is 13.3 Å². The molecule has 0 aromatic carbocycles. The number of anilines is 2. The van der Waals surface area contributed by atoms with Crippen LogP contribution in [0.15, 0.2) is 5.83 Å². The number of nitrogens with one attached hydrogen (secondary N) is 2. The van der Waals surface area contributed by atoms with Gasteiger partial charge in [0.1, 0.15) is 11.9 Å². The molecule has 3 rings (SSSR count). The number of allylic oxidation sites excluding steroid dienone is 1. The molecule has 2 aliphatic rings. The third-order valence-corrected chi connectivity index (χ3v) is 4.80. The van der Waals surface area contributed by atoms with Gasteiger partial charge in [-0.15, -0.1) is 0 Å². The van der Waals surface area contributed by atoms with E-state index in [9.17, 15) is 40.2 Å². The first-order valence-electron chi connectivity index (χ1n) is 8.86. The average Bonchev–Trinajstić information content (AvgIpc) is 2.57. The Kier molecular flexibility index (Phi) is 7.00. The van der Waals surface area contributed by atoms with Gasteiger partial charge in [-0.1, -0.05) is 0 Å². The molecule has 1 saturated carbocycles. The summed E-state index contributed by atoms with van der Waals surface area (Å²) in [6.07, 6.45) is -10.1. The van der Waals surface area contributed by atoms with E-state index in [1.807, 2.05) is 5.32 Å². The van der Waals surface area contributed by atoms with Crippen molar-refractivity contribution in [2.75, 3.05) is 10.6 Å². The SMILES string of the molecule is C[C@@H](Nc1nc(NC2CC(F)(F)C2)nc(C2=C(F)C(O)C(F)(F)CC2)n1)C(F)(F)F.S. The highest BCUT2D eigenvalue weighted by Gasteiger charge is 2.47. The largest absolute Gasteiger partial charge is 0.408 e. The fraction of sp³-hybridized carbons (Fsp3) is 0.688. The van der Waals surface area contributed by atoms with Crippen molar-refractivity contribution in [1.29, 1.82) is 0 Å². The van der Waals surface area contributed by atoms with E-state index in [0.717, 1.165) is 6.92 Å². The van der Waals surface area contributed by atoms with E-state index in [-0.39, 0.29) is 13.5 Å². The van der Waals surface area contributed by atoms with Crippen molar-refractivity contribution in [3.8, 4) is 0 Å². The second-order valence-corrected chi connectivity index (χ2v) is 7.31. The van der Waals surface area contributed by atoms with Crippen LogP contribution in [0.5, 0.6) is 0 Å². The standard InChI is InChI=1S/C16H17F8N5O.H2S/c1-6(16(22,23)24)25-12-27-11(8-2-3-15(20,21)10(30)9(8)17)28-13(29-12)26-7-4-14(18,19)5-7;/h6-7,10,30H,2-5H2,1H3,(H2,25,26,27,28,29);1H2/t6-,10?;/m1./s1. The molecule has 0 amide bonds. The number of aliphatic hydroxyl groups is 1. The predicted molar refractivity (Wildman–Crippen MR) is 99.2 cm³/mol. The normalized spacial score (nSPS) is 24.1. The molecule has 1 aromatic heterocycles. The third-order valence-electron chi connectivity index (χ3n) is 4.80. The minimum atomic E-state index is -4.69. The zero-order chi connectivity index (χ0) is 22.5. The van der Waals surface area contributed by atoms with Gasteiger partial charge in [0.15, 0.2) is 11.9 Å². The van der Waals surface area contributed by atoms with Crippen molar-refractivity contribution in [2.24, 2.45) is 0 Å². The van der Waals surface area contributed by atoms with Crippen molar-refractivity contribution in [3.05, 3.63) is 11.7 Å². The predicted octanol–water partition coefficient (Wildman–Crippen LogP) is 4.03. The topological polar surface area (TPSA) is 83.0 Å². The van der Waals surface area contributed by atoms with Crippen LogP contribution in [-0.4, -0.2) is 56.3 Å². The maximum absolute atomic E-state index is 14.3. The van der Waals surface area contributed by atoms with Gasteiger partial charge in [-0.25, -0.2) is 22.0 Å². The Morgan fingerprint density at radius 2 is 1.65 bits per heavy atom. The van der Waals surface area contributed by atoms with Gasteiger partial charge in [-0.3, -0.25) is 0 Å². The maximum Gasteiger partial charge on any atom is 0.408 e. The molecule has 15 heteroatoms. The summed E-state index contributed by atoms with van der Waals surface area (Å²) in [5, 5.41) is 13.9. The number of halogens is 8. The van der Waals surface area contributed by atoms with E-state index >= 15 is 0 Å². The van der Waals surface area contributed by atoms with Crippen molar-refractivity contribution in [2.45, 2.75) is 68.8 Å². The highest BCUT2D eigenvalue weighted by atomic mass is 32.1. The Hall–Kier alpha value is -1.90. The van der Waals surface area contributed by atoms with E-state index in [4.69, 9.17) is 0 Å². The monoisotopic (exact) mass is 481 g/mol. The summed E-state index contributed by atoms with van der Waals surface area (Å²) in [7, 11) is 0. The van der Waals surface area contributed by atoms with Gasteiger partial charge in [0.25, 0.3) is 11.8 Å². The summed E-state index contributed by atoms with van der Waals surface area (Å²) in [5.41, 5.74) is -0.527. The summed E-state index contributed by atoms with van der Waals surface area (Å²) < 4.78 is 106. The van der Waals surface area contributed by atoms with Crippen LogP contribution < -0.4 is 10.6 Å². The molecular formula is C16H19F8N5OS. The number of hydrogen-bond acceptors (Lipinski definition) is 6. The second-order valence-electron chi connectivity index (χ2n) is 7.31. The molecule has 1 unspecified atom stereocenters. The molecule has 0 saturated heterocycles. The van der Waals surface area contributed by atoms with Crippen LogP contribution in [0.4, 0.5) is 47.0 Å². The molecule has 2 aliphatic carbocycles. The van der Waals surface area contributed by atoms with E-state index in [0.29, 0.717) is 0 Å². The van der Waals surface area contributed by atoms with Gasteiger partial charge in [0.2, 0.25) is 11.9 Å². The van der Waals surface area contributed by atoms with Crippen LogP contribution >= 0.6 is 13.5 Å². The van der Waals surface area contributed by atoms with Crippen LogP contribution in [0.2, 0.25) is 0 Å². The van der Waals surface area contributed by atoms with Crippen molar-refractivity contribution >= 4 is 31.0 Å². The van der Waals surface area contributed by atoms with Gasteiger partial charge >= 0.3 is 6.18 Å². The summed E-state index contributed by atoms with van der Waals surface area (Å²) in [6, 6.07) is -2.92. The molecule has 176 valence electrons. The Bertz CT molecular complexity index is 842. The lowest BCUT2D eigenvalue weighted by atomic mass is 9.88. The lowest BCUT2D eigenvalue weighted by molar-refractivity contribution is -0.138. The van der Waals surface area contributed by atoms with Crippen LogP contribution in [-0.2, 0) is 0 Å². The van der Waals surface area contributed by atoms with Gasteiger partial charge in [0.05, 0.1) is 0 Å². The van der Waals surface area contributed by atoms with Crippen molar-refractivity contribution in [1.82, 2.24) is 15.0 Å². The van der Waals surface area contributed by atoms with E-state index < -0.39 is 91.0 Å². The summed E-state index contributed by atoms with van der Waals surface area (Å²) in [4.78, 5) is 11.1. The van der Waals surface area contributed by atoms with E-state index in [1.165, 1.54) is 0 Å². The maximum atomic E-state index is 14.3. The smallest absolute Gasteiger partial charge is 0.380 e. The van der Waals surface area contributed by atoms with Crippen LogP contribution in [0.25, 0.3) is 5.57 Å². The summed E-state index contributed by atoms with van der Waals surface area (Å²) in [6.45, 7) is 0.758. The van der Waals surface area contributed by atoms with Crippen LogP contribution in [0, 0.1) is 0 Å². The number of alkyl halides is 7. The minimum Gasteiger partial charge on any atom is -0.380 e. The first kappa shape index (κ1) is 25.4. The first-order chi connectivity index (χ1) is 13.7. The van der Waals surface area contributed by atoms with Crippen LogP contribution in [0.3, 0.4) is 0 Å². The number of hydrogen-bond donors (Lipinski definition) is 3. The lowest BCUT2D eigenvalue weighted by Crippen LogP contribution is -2.44. The Balaban J connectivity index is 0.00000341. The van der Waals surface area contributed by atoms with Crippen LogP contribution in [0.1, 0.15) is 38.4 Å². The Labute approximate surface area is 178 Å². The fourth-order valence-electron chi connectivity index (χ4n) is 2.98. The zero-order valence-electron chi connectivity index (χ0n) is 15.9. The number of aliphatic hydroxyl groups excluding tert-OH is 1. The number of aromatic nitrogens is 3. The molecule has 2 atom stereocenters. The third kappa shape index (κ3) is 5.67. The number of nitrogens with zero attached hydrogens (tertiary/aromatic N) is 3. The molecule has 0 spiro atoms. The minimum absolute atomic E-state index is 0. The molecule has 6 nitrogen and oxygen atoms in total. The molecule has 1 aromatic rings. The molecule has 1 fully saturated rings. The fourth-order valence-corrected chi connectivity index (χ4v) is 2.98. The molecule has 1 heterocycles. The van der Waals surface area contributed by atoms with Crippen molar-refractivity contribution in [3.63, 3.8) is 0 Å². The highest BCUT2D eigenvalue weighted by molar-refractivity contribution is 7.59. The van der Waals surface area contributed by atoms with Crippen molar-refractivity contribution < 1.29 is 40.2 Å². The Morgan fingerprint density at radius 1 is 1.06 bits per heavy atom. The average molecular weight is 481 g/mol. The molecule has 3 N–H and O–H groups in total. The quantitative estimate of drug-likeness (QED) is 0.551. The van der Waals surface area contributed by atoms with E-state index in [2.05, 4.69) is 20.3 Å². The highest BCUT2D eigenvalue weighted by Crippen LogP contribution is 2.42. The first-order valence-corrected chi connectivity index (χ1v) is 8.86. The van der Waals surface area contributed by atoms with Gasteiger partial charge < -0.3 is 15.7 Å². The molecule has 0 aliphatic heterocycles.